The lowest BCUT2D eigenvalue weighted by Gasteiger charge is -2.15. The van der Waals surface area contributed by atoms with E-state index in [1.54, 1.807) is 13.4 Å². The van der Waals surface area contributed by atoms with Gasteiger partial charge in [-0.2, -0.15) is 0 Å². The largest absolute Gasteiger partial charge is 0.497 e. The van der Waals surface area contributed by atoms with Crippen molar-refractivity contribution in [3.8, 4) is 5.75 Å². The minimum absolute atomic E-state index is 0.0248. The Morgan fingerprint density at radius 2 is 1.84 bits per heavy atom. The van der Waals surface area contributed by atoms with Crippen molar-refractivity contribution in [3.05, 3.63) is 81.6 Å². The lowest BCUT2D eigenvalue weighted by molar-refractivity contribution is 0.414. The molecule has 1 N–H and O–H groups in total. The third kappa shape index (κ3) is 4.28. The molecule has 0 aliphatic carbocycles. The molecule has 166 valence electrons. The van der Waals surface area contributed by atoms with Gasteiger partial charge in [0, 0.05) is 6.54 Å². The molecule has 0 atom stereocenters. The zero-order chi connectivity index (χ0) is 23.0. The predicted molar refractivity (Wildman–Crippen MR) is 129 cm³/mol. The third-order valence-electron chi connectivity index (χ3n) is 5.36. The maximum atomic E-state index is 13.1. The second-order valence-corrected chi connectivity index (χ2v) is 9.96. The van der Waals surface area contributed by atoms with Crippen molar-refractivity contribution in [1.82, 2.24) is 9.55 Å². The van der Waals surface area contributed by atoms with Crippen LogP contribution in [0.5, 0.6) is 5.75 Å². The molecule has 6 nitrogen and oxygen atoms in total. The Hall–Kier alpha value is -2.74. The molecule has 0 saturated carbocycles. The molecule has 0 amide bonds. The van der Waals surface area contributed by atoms with Gasteiger partial charge in [0.2, 0.25) is 0 Å². The first-order chi connectivity index (χ1) is 15.2. The van der Waals surface area contributed by atoms with Gasteiger partial charge in [-0.1, -0.05) is 35.3 Å². The molecule has 9 heteroatoms. The van der Waals surface area contributed by atoms with E-state index in [0.717, 1.165) is 28.0 Å². The standard InChI is InChI=1S/C23H21Cl2N3O3S/c1-14-9-21-23(26-13-28(21)12-16-5-4-6-17(10-16)31-3)22(15(14)2)27-32(29,30)18-7-8-19(24)20(25)11-18/h4-11,13,27H,12H2,1-3H3. The monoisotopic (exact) mass is 489 g/mol. The van der Waals surface area contributed by atoms with Crippen molar-refractivity contribution in [2.75, 3.05) is 11.8 Å². The van der Waals surface area contributed by atoms with E-state index in [1.165, 1.54) is 18.2 Å². The van der Waals surface area contributed by atoms with Crippen LogP contribution in [0, 0.1) is 13.8 Å². The van der Waals surface area contributed by atoms with Crippen LogP contribution in [0.1, 0.15) is 16.7 Å². The summed E-state index contributed by atoms with van der Waals surface area (Å²) in [6.07, 6.45) is 1.71. The average molecular weight is 490 g/mol. The topological polar surface area (TPSA) is 73.2 Å². The van der Waals surface area contributed by atoms with Gasteiger partial charge in [0.1, 0.15) is 11.3 Å². The SMILES string of the molecule is COc1cccc(Cn2cnc3c(NS(=O)(=O)c4ccc(Cl)c(Cl)c4)c(C)c(C)cc32)c1. The number of rotatable bonds is 6. The molecule has 0 saturated heterocycles. The fourth-order valence-electron chi connectivity index (χ4n) is 3.48. The second kappa shape index (κ2) is 8.65. The minimum atomic E-state index is -3.90. The molecule has 4 aromatic rings. The summed E-state index contributed by atoms with van der Waals surface area (Å²) in [4.78, 5) is 4.55. The molecule has 0 unspecified atom stereocenters. The highest BCUT2D eigenvalue weighted by atomic mass is 35.5. The molecule has 0 spiro atoms. The molecule has 4 rings (SSSR count). The molecule has 0 bridgehead atoms. The number of halogens is 2. The van der Waals surface area contributed by atoms with Crippen molar-refractivity contribution in [1.29, 1.82) is 0 Å². The molecule has 0 aliphatic heterocycles. The highest BCUT2D eigenvalue weighted by Gasteiger charge is 2.21. The zero-order valence-electron chi connectivity index (χ0n) is 17.7. The van der Waals surface area contributed by atoms with Crippen LogP contribution in [-0.4, -0.2) is 25.1 Å². The highest BCUT2D eigenvalue weighted by Crippen LogP contribution is 2.32. The van der Waals surface area contributed by atoms with Gasteiger partial charge in [0.05, 0.1) is 39.6 Å². The number of ether oxygens (including phenoxy) is 1. The number of hydrogen-bond acceptors (Lipinski definition) is 4. The Morgan fingerprint density at radius 1 is 1.06 bits per heavy atom. The van der Waals surface area contributed by atoms with Crippen molar-refractivity contribution in [3.63, 3.8) is 0 Å². The van der Waals surface area contributed by atoms with Crippen LogP contribution in [0.25, 0.3) is 11.0 Å². The van der Waals surface area contributed by atoms with Gasteiger partial charge >= 0.3 is 0 Å². The molecule has 1 heterocycles. The van der Waals surface area contributed by atoms with Crippen LogP contribution in [0.3, 0.4) is 0 Å². The number of aryl methyl sites for hydroxylation is 1. The van der Waals surface area contributed by atoms with Gasteiger partial charge in [-0.05, 0) is 66.9 Å². The van der Waals surface area contributed by atoms with Crippen molar-refractivity contribution in [2.45, 2.75) is 25.3 Å². The maximum absolute atomic E-state index is 13.1. The molecule has 32 heavy (non-hydrogen) atoms. The van der Waals surface area contributed by atoms with Crippen LogP contribution in [0.2, 0.25) is 10.0 Å². The molecular formula is C23H21Cl2N3O3S. The first kappa shape index (κ1) is 22.5. The van der Waals surface area contributed by atoms with Gasteiger partial charge in [0.15, 0.2) is 0 Å². The second-order valence-electron chi connectivity index (χ2n) is 7.47. The number of anilines is 1. The van der Waals surface area contributed by atoms with E-state index in [0.29, 0.717) is 17.7 Å². The van der Waals surface area contributed by atoms with Gasteiger partial charge in [-0.25, -0.2) is 13.4 Å². The highest BCUT2D eigenvalue weighted by molar-refractivity contribution is 7.92. The summed E-state index contributed by atoms with van der Waals surface area (Å²) in [5.74, 6) is 0.772. The number of fused-ring (bicyclic) bond motifs is 1. The van der Waals surface area contributed by atoms with E-state index in [4.69, 9.17) is 27.9 Å². The summed E-state index contributed by atoms with van der Waals surface area (Å²) >= 11 is 12.0. The molecule has 1 aromatic heterocycles. The first-order valence-electron chi connectivity index (χ1n) is 9.75. The molecule has 0 aliphatic rings. The summed E-state index contributed by atoms with van der Waals surface area (Å²) in [6.45, 7) is 4.37. The Morgan fingerprint density at radius 3 is 2.56 bits per heavy atom. The van der Waals surface area contributed by atoms with Crippen LogP contribution in [-0.2, 0) is 16.6 Å². The van der Waals surface area contributed by atoms with Crippen molar-refractivity contribution >= 4 is 49.9 Å². The molecular weight excluding hydrogens is 469 g/mol. The van der Waals surface area contributed by atoms with Gasteiger partial charge in [-0.3, -0.25) is 4.72 Å². The van der Waals surface area contributed by atoms with E-state index in [1.807, 2.05) is 48.7 Å². The van der Waals surface area contributed by atoms with Gasteiger partial charge in [0.25, 0.3) is 10.0 Å². The van der Waals surface area contributed by atoms with Gasteiger partial charge in [-0.15, -0.1) is 0 Å². The smallest absolute Gasteiger partial charge is 0.262 e. The van der Waals surface area contributed by atoms with E-state index in [-0.39, 0.29) is 14.9 Å². The van der Waals surface area contributed by atoms with Crippen molar-refractivity contribution in [2.24, 2.45) is 0 Å². The van der Waals surface area contributed by atoms with E-state index in [2.05, 4.69) is 9.71 Å². The van der Waals surface area contributed by atoms with Crippen molar-refractivity contribution < 1.29 is 13.2 Å². The van der Waals surface area contributed by atoms with Crippen LogP contribution in [0.4, 0.5) is 5.69 Å². The lowest BCUT2D eigenvalue weighted by Crippen LogP contribution is -2.14. The molecule has 0 fully saturated rings. The van der Waals surface area contributed by atoms with Crippen LogP contribution >= 0.6 is 23.2 Å². The maximum Gasteiger partial charge on any atom is 0.262 e. The number of methoxy groups -OCH3 is 1. The number of sulfonamides is 1. The van der Waals surface area contributed by atoms with Crippen LogP contribution in [0.15, 0.2) is 59.8 Å². The number of nitrogens with one attached hydrogen (secondary N) is 1. The summed E-state index contributed by atoms with van der Waals surface area (Å²) < 4.78 is 36.2. The minimum Gasteiger partial charge on any atom is -0.497 e. The molecule has 3 aromatic carbocycles. The Labute approximate surface area is 196 Å². The van der Waals surface area contributed by atoms with E-state index < -0.39 is 10.0 Å². The number of hydrogen-bond donors (Lipinski definition) is 1. The predicted octanol–water partition coefficient (Wildman–Crippen LogP) is 5.82. The summed E-state index contributed by atoms with van der Waals surface area (Å²) in [5.41, 5.74) is 4.61. The average Bonchev–Trinajstić information content (AvgIpc) is 3.15. The quantitative estimate of drug-likeness (QED) is 0.370. The third-order valence-corrected chi connectivity index (χ3v) is 7.45. The number of benzene rings is 3. The summed E-state index contributed by atoms with van der Waals surface area (Å²) in [6, 6.07) is 14.0. The number of aromatic nitrogens is 2. The zero-order valence-corrected chi connectivity index (χ0v) is 20.0. The fraction of sp³-hybridized carbons (Fsp3) is 0.174. The normalized spacial score (nSPS) is 11.7. The molecule has 0 radical (unpaired) electrons. The van der Waals surface area contributed by atoms with Gasteiger partial charge < -0.3 is 9.30 Å². The summed E-state index contributed by atoms with van der Waals surface area (Å²) in [5, 5.41) is 0.458. The number of imidazole rings is 1. The fourth-order valence-corrected chi connectivity index (χ4v) is 5.00. The van der Waals surface area contributed by atoms with E-state index >= 15 is 0 Å². The Bertz CT molecular complexity index is 1430. The summed E-state index contributed by atoms with van der Waals surface area (Å²) in [7, 11) is -2.27. The van der Waals surface area contributed by atoms with Crippen LogP contribution < -0.4 is 9.46 Å². The first-order valence-corrected chi connectivity index (χ1v) is 12.0. The number of nitrogens with zero attached hydrogens (tertiary/aromatic N) is 2. The Kier molecular flexibility index (Phi) is 6.07. The lowest BCUT2D eigenvalue weighted by atomic mass is 10.1. The Balaban J connectivity index is 1.76. The van der Waals surface area contributed by atoms with E-state index in [9.17, 15) is 8.42 Å².